The first-order valence-corrected chi connectivity index (χ1v) is 18.3. The first kappa shape index (κ1) is 37.8. The summed E-state index contributed by atoms with van der Waals surface area (Å²) in [7, 11) is 4.82. The number of piperidine rings is 1. The van der Waals surface area contributed by atoms with Crippen molar-refractivity contribution >= 4 is 22.9 Å². The van der Waals surface area contributed by atoms with E-state index in [1.807, 2.05) is 39.9 Å². The number of hydrogen-bond donors (Lipinski definition) is 1. The predicted octanol–water partition coefficient (Wildman–Crippen LogP) is 7.26. The van der Waals surface area contributed by atoms with Crippen LogP contribution in [0.15, 0.2) is 60.8 Å². The average Bonchev–Trinajstić information content (AvgIpc) is 3.93. The summed E-state index contributed by atoms with van der Waals surface area (Å²) < 4.78 is 45.3. The third kappa shape index (κ3) is 8.98. The number of carbonyl (C=O) groups excluding carboxylic acids is 2. The number of phenols is 1. The van der Waals surface area contributed by atoms with Crippen LogP contribution in [0.2, 0.25) is 0 Å². The minimum absolute atomic E-state index is 0.00253. The first-order valence-electron chi connectivity index (χ1n) is 18.3. The third-order valence-electron chi connectivity index (χ3n) is 9.98. The zero-order chi connectivity index (χ0) is 37.6. The van der Waals surface area contributed by atoms with Gasteiger partial charge in [-0.25, -0.2) is 9.18 Å². The number of amides is 2. The molecule has 0 spiro atoms. The molecule has 2 fully saturated rings. The molecule has 2 heterocycles. The van der Waals surface area contributed by atoms with Gasteiger partial charge in [-0.15, -0.1) is 0 Å². The number of rotatable bonds is 15. The summed E-state index contributed by atoms with van der Waals surface area (Å²) in [5.74, 6) is 0.250. The van der Waals surface area contributed by atoms with Crippen LogP contribution in [0.3, 0.4) is 0 Å². The minimum Gasteiger partial charge on any atom is -0.508 e. The van der Waals surface area contributed by atoms with Crippen molar-refractivity contribution in [2.45, 2.75) is 77.3 Å². The second-order valence-electron chi connectivity index (χ2n) is 14.2. The summed E-state index contributed by atoms with van der Waals surface area (Å²) in [5.41, 5.74) is 3.06. The fourth-order valence-electron chi connectivity index (χ4n) is 7.31. The number of likely N-dealkylation sites (tertiary alicyclic amines) is 1. The van der Waals surface area contributed by atoms with Crippen LogP contribution in [0, 0.1) is 11.7 Å². The number of ether oxygens (including phenoxy) is 5. The maximum atomic E-state index is 15.5. The standard InChI is InChI=1S/C41H50FN3O8/c1-26(2)53-41(48)44-14-12-35(28-18-31(46)20-34(19-28)52-25-27-16-32(50-4)21-33(17-27)51-5)36(24-44)40(47)45(30-10-11-30)23-29-22-43(13-7-15-49-3)38-9-6-8-37(42)39(29)38/h6,8-9,16-22,26,30,35-36,46H,7,10-15,23-25H2,1-5H3/t35-,36?/m1/s1. The van der Waals surface area contributed by atoms with Crippen LogP contribution in [-0.4, -0.2) is 84.6 Å². The van der Waals surface area contributed by atoms with E-state index in [4.69, 9.17) is 23.7 Å². The van der Waals surface area contributed by atoms with E-state index in [1.165, 1.54) is 6.07 Å². The highest BCUT2D eigenvalue weighted by molar-refractivity contribution is 5.86. The molecule has 11 nitrogen and oxygen atoms in total. The lowest BCUT2D eigenvalue weighted by atomic mass is 9.79. The number of phenolic OH excluding ortho intramolecular Hbond substituents is 1. The Labute approximate surface area is 310 Å². The highest BCUT2D eigenvalue weighted by Gasteiger charge is 2.43. The van der Waals surface area contributed by atoms with Crippen molar-refractivity contribution in [3.63, 3.8) is 0 Å². The Morgan fingerprint density at radius 2 is 1.74 bits per heavy atom. The average molecular weight is 732 g/mol. The maximum Gasteiger partial charge on any atom is 0.410 e. The Balaban J connectivity index is 1.30. The van der Waals surface area contributed by atoms with Crippen LogP contribution >= 0.6 is 0 Å². The van der Waals surface area contributed by atoms with E-state index in [-0.39, 0.29) is 55.2 Å². The number of aryl methyl sites for hydroxylation is 1. The molecule has 1 saturated carbocycles. The van der Waals surface area contributed by atoms with E-state index in [0.717, 1.165) is 41.5 Å². The van der Waals surface area contributed by atoms with E-state index in [9.17, 15) is 14.7 Å². The van der Waals surface area contributed by atoms with Crippen LogP contribution in [0.1, 0.15) is 62.1 Å². The minimum atomic E-state index is -0.652. The number of aromatic hydroxyl groups is 1. The maximum absolute atomic E-state index is 15.5. The molecule has 1 N–H and O–H groups in total. The number of methoxy groups -OCH3 is 3. The summed E-state index contributed by atoms with van der Waals surface area (Å²) in [4.78, 5) is 31.6. The van der Waals surface area contributed by atoms with Crippen LogP contribution in [-0.2, 0) is 34.0 Å². The summed E-state index contributed by atoms with van der Waals surface area (Å²) in [5, 5.41) is 11.4. The quantitative estimate of drug-likeness (QED) is 0.127. The zero-order valence-electron chi connectivity index (χ0n) is 31.2. The molecule has 2 aliphatic rings. The molecule has 0 bridgehead atoms. The molecule has 1 aliphatic heterocycles. The van der Waals surface area contributed by atoms with Crippen molar-refractivity contribution < 1.29 is 42.8 Å². The van der Waals surface area contributed by atoms with Crippen molar-refractivity contribution in [3.05, 3.63) is 83.3 Å². The molecular formula is C41H50FN3O8. The Morgan fingerprint density at radius 1 is 0.981 bits per heavy atom. The zero-order valence-corrected chi connectivity index (χ0v) is 31.2. The van der Waals surface area contributed by atoms with Gasteiger partial charge < -0.3 is 43.2 Å². The molecule has 3 aromatic carbocycles. The number of fused-ring (bicyclic) bond motifs is 1. The molecule has 284 valence electrons. The van der Waals surface area contributed by atoms with Gasteiger partial charge in [-0.1, -0.05) is 6.07 Å². The van der Waals surface area contributed by atoms with Gasteiger partial charge >= 0.3 is 6.09 Å². The molecule has 2 amide bonds. The van der Waals surface area contributed by atoms with Crippen molar-refractivity contribution in [1.82, 2.24) is 14.4 Å². The van der Waals surface area contributed by atoms with E-state index in [0.29, 0.717) is 48.8 Å². The van der Waals surface area contributed by atoms with Gasteiger partial charge in [-0.3, -0.25) is 4.79 Å². The lowest BCUT2D eigenvalue weighted by Gasteiger charge is -2.40. The summed E-state index contributed by atoms with van der Waals surface area (Å²) in [6.07, 6.45) is 4.08. The van der Waals surface area contributed by atoms with Crippen molar-refractivity contribution in [2.24, 2.45) is 5.92 Å². The lowest BCUT2D eigenvalue weighted by molar-refractivity contribution is -0.139. The smallest absolute Gasteiger partial charge is 0.410 e. The Morgan fingerprint density at radius 3 is 2.42 bits per heavy atom. The Hall–Kier alpha value is -4.97. The highest BCUT2D eigenvalue weighted by atomic mass is 19.1. The summed E-state index contributed by atoms with van der Waals surface area (Å²) in [6.45, 7) is 5.74. The Bertz CT molecular complexity index is 1890. The fraction of sp³-hybridized carbons (Fsp3) is 0.463. The number of carbonyl (C=O) groups is 2. The molecule has 53 heavy (non-hydrogen) atoms. The second-order valence-corrected chi connectivity index (χ2v) is 14.2. The summed E-state index contributed by atoms with van der Waals surface area (Å²) >= 11 is 0. The largest absolute Gasteiger partial charge is 0.508 e. The van der Waals surface area contributed by atoms with Gasteiger partial charge in [0.1, 0.15) is 35.4 Å². The van der Waals surface area contributed by atoms with Gasteiger partial charge in [0.25, 0.3) is 0 Å². The second kappa shape index (κ2) is 16.8. The monoisotopic (exact) mass is 731 g/mol. The van der Waals surface area contributed by atoms with Gasteiger partial charge in [0.2, 0.25) is 5.91 Å². The molecule has 1 saturated heterocycles. The first-order chi connectivity index (χ1) is 25.6. The van der Waals surface area contributed by atoms with Crippen molar-refractivity contribution in [1.29, 1.82) is 0 Å². The Kier molecular flexibility index (Phi) is 12.0. The van der Waals surface area contributed by atoms with E-state index >= 15 is 4.39 Å². The van der Waals surface area contributed by atoms with E-state index in [2.05, 4.69) is 0 Å². The molecule has 2 atom stereocenters. The van der Waals surface area contributed by atoms with Crippen LogP contribution in [0.5, 0.6) is 23.0 Å². The van der Waals surface area contributed by atoms with Crippen molar-refractivity contribution in [3.8, 4) is 23.0 Å². The van der Waals surface area contributed by atoms with Crippen LogP contribution in [0.25, 0.3) is 10.9 Å². The molecule has 6 rings (SSSR count). The van der Waals surface area contributed by atoms with Crippen LogP contribution in [0.4, 0.5) is 9.18 Å². The molecular weight excluding hydrogens is 681 g/mol. The topological polar surface area (TPSA) is 112 Å². The predicted molar refractivity (Wildman–Crippen MR) is 198 cm³/mol. The number of aromatic nitrogens is 1. The lowest BCUT2D eigenvalue weighted by Crippen LogP contribution is -2.50. The van der Waals surface area contributed by atoms with E-state index in [1.54, 1.807) is 64.3 Å². The van der Waals surface area contributed by atoms with Gasteiger partial charge in [0.05, 0.1) is 31.8 Å². The molecule has 0 radical (unpaired) electrons. The summed E-state index contributed by atoms with van der Waals surface area (Å²) in [6, 6.07) is 15.6. The SMILES string of the molecule is COCCCn1cc(CN(C(=O)C2CN(C(=O)OC(C)C)CC[C@@H]2c2cc(O)cc(OCc3cc(OC)cc(OC)c3)c2)C2CC2)c2c(F)cccc21. The van der Waals surface area contributed by atoms with Gasteiger partial charge in [-0.05, 0) is 98.5 Å². The van der Waals surface area contributed by atoms with Crippen molar-refractivity contribution in [2.75, 3.05) is 41.0 Å². The van der Waals surface area contributed by atoms with Gasteiger partial charge in [0, 0.05) is 69.7 Å². The molecule has 1 aromatic heterocycles. The normalized spacial score (nSPS) is 17.2. The molecule has 1 aliphatic carbocycles. The van der Waals surface area contributed by atoms with Gasteiger partial charge in [-0.2, -0.15) is 0 Å². The number of halogens is 1. The number of benzene rings is 3. The fourth-order valence-corrected chi connectivity index (χ4v) is 7.31. The van der Waals surface area contributed by atoms with Crippen LogP contribution < -0.4 is 14.2 Å². The molecule has 12 heteroatoms. The third-order valence-corrected chi connectivity index (χ3v) is 9.98. The molecule has 1 unspecified atom stereocenters. The molecule has 4 aromatic rings. The highest BCUT2D eigenvalue weighted by Crippen LogP contribution is 2.41. The van der Waals surface area contributed by atoms with E-state index < -0.39 is 12.0 Å². The number of nitrogens with zero attached hydrogens (tertiary/aromatic N) is 3. The number of hydrogen-bond acceptors (Lipinski definition) is 8. The van der Waals surface area contributed by atoms with Gasteiger partial charge in [0.15, 0.2) is 0 Å².